The molecule has 0 aromatic rings. The second-order valence-electron chi connectivity index (χ2n) is 8.58. The molecule has 1 atom stereocenters. The third kappa shape index (κ3) is 17.2. The standard InChI is InChI=1S/C23H45BrOSSi/c1-6-7-16-22(25-21-23(2,3)27(4)5)17-13-11-9-8-10-12-14-19-26-20-15-18-24/h22,27H,6-12,14-16,18-21H2,1-5H3/t22-/m1/s1. The molecule has 0 fully saturated rings. The quantitative estimate of drug-likeness (QED) is 0.0919. The number of ether oxygens (including phenoxy) is 1. The van der Waals surface area contributed by atoms with Gasteiger partial charge < -0.3 is 4.74 Å². The first-order valence-corrected chi connectivity index (χ1v) is 16.3. The zero-order valence-corrected chi connectivity index (χ0v) is 22.3. The average molecular weight is 478 g/mol. The van der Waals surface area contributed by atoms with E-state index in [1.165, 1.54) is 62.9 Å². The lowest BCUT2D eigenvalue weighted by molar-refractivity contribution is 0.0675. The fraction of sp³-hybridized carbons (Fsp3) is 0.913. The van der Waals surface area contributed by atoms with E-state index in [-0.39, 0.29) is 6.10 Å². The minimum absolute atomic E-state index is 0.147. The maximum atomic E-state index is 6.23. The van der Waals surface area contributed by atoms with E-state index in [9.17, 15) is 0 Å². The maximum absolute atomic E-state index is 6.23. The molecule has 160 valence electrons. The van der Waals surface area contributed by atoms with Crippen LogP contribution < -0.4 is 0 Å². The van der Waals surface area contributed by atoms with Crippen molar-refractivity contribution in [3.05, 3.63) is 0 Å². The topological polar surface area (TPSA) is 9.23 Å². The van der Waals surface area contributed by atoms with E-state index in [4.69, 9.17) is 4.74 Å². The molecule has 1 nitrogen and oxygen atoms in total. The molecule has 0 aliphatic heterocycles. The van der Waals surface area contributed by atoms with Gasteiger partial charge in [-0.3, -0.25) is 0 Å². The van der Waals surface area contributed by atoms with E-state index in [0.717, 1.165) is 24.8 Å². The Morgan fingerprint density at radius 3 is 2.33 bits per heavy atom. The summed E-state index contributed by atoms with van der Waals surface area (Å²) in [6, 6.07) is 0. The summed E-state index contributed by atoms with van der Waals surface area (Å²) >= 11 is 5.59. The summed E-state index contributed by atoms with van der Waals surface area (Å²) in [6.07, 6.45) is 12.7. The van der Waals surface area contributed by atoms with Crippen molar-refractivity contribution in [2.75, 3.05) is 23.4 Å². The molecular weight excluding hydrogens is 432 g/mol. The number of hydrogen-bond acceptors (Lipinski definition) is 2. The average Bonchev–Trinajstić information content (AvgIpc) is 2.64. The highest BCUT2D eigenvalue weighted by molar-refractivity contribution is 9.09. The van der Waals surface area contributed by atoms with Crippen LogP contribution in [0.15, 0.2) is 0 Å². The van der Waals surface area contributed by atoms with Crippen molar-refractivity contribution in [2.45, 2.75) is 109 Å². The van der Waals surface area contributed by atoms with Crippen molar-refractivity contribution in [2.24, 2.45) is 0 Å². The molecule has 0 spiro atoms. The summed E-state index contributed by atoms with van der Waals surface area (Å²) in [7, 11) is -0.704. The van der Waals surface area contributed by atoms with Crippen LogP contribution in [0.1, 0.15) is 85.0 Å². The Morgan fingerprint density at radius 2 is 1.67 bits per heavy atom. The third-order valence-corrected chi connectivity index (χ3v) is 10.3. The molecule has 0 radical (unpaired) electrons. The number of rotatable bonds is 17. The monoisotopic (exact) mass is 476 g/mol. The SMILES string of the molecule is CCCC[C@H](C#CCCCCCCCSCCCBr)OCC(C)(C)[SiH](C)C. The molecule has 0 rings (SSSR count). The zero-order valence-electron chi connectivity index (χ0n) is 18.7. The summed E-state index contributed by atoms with van der Waals surface area (Å²) in [5.74, 6) is 9.48. The van der Waals surface area contributed by atoms with Crippen molar-refractivity contribution >= 4 is 36.5 Å². The smallest absolute Gasteiger partial charge is 0.118 e. The Kier molecular flexibility index (Phi) is 19.0. The number of hydrogen-bond donors (Lipinski definition) is 0. The van der Waals surface area contributed by atoms with Crippen LogP contribution in [-0.2, 0) is 4.74 Å². The summed E-state index contributed by atoms with van der Waals surface area (Å²) in [5.41, 5.74) is 0. The largest absolute Gasteiger partial charge is 0.365 e. The van der Waals surface area contributed by atoms with Crippen LogP contribution in [0.3, 0.4) is 0 Å². The number of unbranched alkanes of at least 4 members (excludes halogenated alkanes) is 6. The van der Waals surface area contributed by atoms with Gasteiger partial charge >= 0.3 is 0 Å². The summed E-state index contributed by atoms with van der Waals surface area (Å²) in [5, 5.41) is 1.50. The predicted molar refractivity (Wildman–Crippen MR) is 133 cm³/mol. The molecule has 0 saturated carbocycles. The normalized spacial score (nSPS) is 12.9. The van der Waals surface area contributed by atoms with E-state index >= 15 is 0 Å². The molecule has 0 N–H and O–H groups in total. The van der Waals surface area contributed by atoms with Crippen LogP contribution in [0, 0.1) is 11.8 Å². The maximum Gasteiger partial charge on any atom is 0.118 e. The highest BCUT2D eigenvalue weighted by atomic mass is 79.9. The van der Waals surface area contributed by atoms with Gasteiger partial charge in [-0.05, 0) is 42.2 Å². The zero-order chi connectivity index (χ0) is 20.4. The van der Waals surface area contributed by atoms with Gasteiger partial charge in [-0.15, -0.1) is 5.92 Å². The molecule has 0 heterocycles. The van der Waals surface area contributed by atoms with Crippen molar-refractivity contribution in [1.82, 2.24) is 0 Å². The Bertz CT molecular complexity index is 390. The van der Waals surface area contributed by atoms with Crippen LogP contribution in [-0.4, -0.2) is 38.3 Å². The lowest BCUT2D eigenvalue weighted by Gasteiger charge is -2.29. The number of halogens is 1. The molecule has 0 saturated heterocycles. The first kappa shape index (κ1) is 27.6. The number of thioether (sulfide) groups is 1. The first-order valence-electron chi connectivity index (χ1n) is 11.2. The van der Waals surface area contributed by atoms with Crippen LogP contribution in [0.4, 0.5) is 0 Å². The van der Waals surface area contributed by atoms with Crippen molar-refractivity contribution in [1.29, 1.82) is 0 Å². The molecule has 0 amide bonds. The van der Waals surface area contributed by atoms with Crippen LogP contribution in [0.25, 0.3) is 0 Å². The van der Waals surface area contributed by atoms with E-state index in [2.05, 4.69) is 73.4 Å². The first-order chi connectivity index (χ1) is 12.9. The molecule has 0 aliphatic rings. The summed E-state index contributed by atoms with van der Waals surface area (Å²) in [4.78, 5) is 0. The minimum atomic E-state index is -0.704. The van der Waals surface area contributed by atoms with E-state index < -0.39 is 8.80 Å². The Morgan fingerprint density at radius 1 is 1.00 bits per heavy atom. The van der Waals surface area contributed by atoms with Gasteiger partial charge in [0.2, 0.25) is 0 Å². The van der Waals surface area contributed by atoms with Crippen molar-refractivity contribution < 1.29 is 4.74 Å². The predicted octanol–water partition coefficient (Wildman–Crippen LogP) is 7.69. The summed E-state index contributed by atoms with van der Waals surface area (Å²) < 4.78 is 6.23. The van der Waals surface area contributed by atoms with Gasteiger partial charge in [0, 0.05) is 20.5 Å². The highest BCUT2D eigenvalue weighted by Gasteiger charge is 2.24. The molecule has 4 heteroatoms. The van der Waals surface area contributed by atoms with Gasteiger partial charge in [-0.25, -0.2) is 0 Å². The van der Waals surface area contributed by atoms with Crippen molar-refractivity contribution in [3.8, 4) is 11.8 Å². The fourth-order valence-corrected chi connectivity index (χ4v) is 4.50. The third-order valence-electron chi connectivity index (χ3n) is 5.32. The van der Waals surface area contributed by atoms with Gasteiger partial charge in [0.05, 0.1) is 6.61 Å². The molecule has 0 unspecified atom stereocenters. The molecule has 0 aliphatic carbocycles. The van der Waals surface area contributed by atoms with Gasteiger partial charge in [0.25, 0.3) is 0 Å². The van der Waals surface area contributed by atoms with E-state index in [1.54, 1.807) is 0 Å². The Balaban J connectivity index is 3.89. The molecule has 0 aromatic carbocycles. The lowest BCUT2D eigenvalue weighted by atomic mass is 10.1. The second-order valence-corrected chi connectivity index (χ2v) is 14.5. The van der Waals surface area contributed by atoms with Crippen LogP contribution >= 0.6 is 27.7 Å². The van der Waals surface area contributed by atoms with Gasteiger partial charge in [0.15, 0.2) is 0 Å². The Hall–Kier alpha value is 0.567. The number of alkyl halides is 1. The van der Waals surface area contributed by atoms with E-state index in [1.807, 2.05) is 0 Å². The van der Waals surface area contributed by atoms with Crippen LogP contribution in [0.2, 0.25) is 18.1 Å². The molecule has 27 heavy (non-hydrogen) atoms. The highest BCUT2D eigenvalue weighted by Crippen LogP contribution is 2.29. The Labute approximate surface area is 185 Å². The summed E-state index contributed by atoms with van der Waals surface area (Å²) in [6.45, 7) is 12.7. The minimum Gasteiger partial charge on any atom is -0.365 e. The molecule has 0 bridgehead atoms. The van der Waals surface area contributed by atoms with Gasteiger partial charge in [-0.2, -0.15) is 11.8 Å². The van der Waals surface area contributed by atoms with Gasteiger partial charge in [0.1, 0.15) is 6.10 Å². The second kappa shape index (κ2) is 18.6. The fourth-order valence-electron chi connectivity index (χ4n) is 2.46. The van der Waals surface area contributed by atoms with Crippen LogP contribution in [0.5, 0.6) is 0 Å². The molecular formula is C23H45BrOSSi. The molecule has 0 aromatic heterocycles. The lowest BCUT2D eigenvalue weighted by Crippen LogP contribution is -2.28. The van der Waals surface area contributed by atoms with Gasteiger partial charge in [-0.1, -0.05) is 87.8 Å². The van der Waals surface area contributed by atoms with E-state index in [0.29, 0.717) is 5.04 Å². The van der Waals surface area contributed by atoms with Crippen molar-refractivity contribution in [3.63, 3.8) is 0 Å².